The molecule has 0 aliphatic carbocycles. The molecular formula is C11H16N2O. The van der Waals surface area contributed by atoms with E-state index in [4.69, 9.17) is 5.73 Å². The van der Waals surface area contributed by atoms with E-state index < -0.39 is 0 Å². The van der Waals surface area contributed by atoms with Crippen LogP contribution in [-0.4, -0.2) is 19.5 Å². The average molecular weight is 192 g/mol. The summed E-state index contributed by atoms with van der Waals surface area (Å²) < 4.78 is 0. The molecule has 0 fully saturated rings. The number of hydrogen-bond donors (Lipinski definition) is 1. The minimum atomic E-state index is -0.259. The number of aryl methyl sites for hydroxylation is 1. The Labute approximate surface area is 84.5 Å². The van der Waals surface area contributed by atoms with E-state index >= 15 is 0 Å². The van der Waals surface area contributed by atoms with Gasteiger partial charge in [0.1, 0.15) is 0 Å². The fourth-order valence-electron chi connectivity index (χ4n) is 1.39. The van der Waals surface area contributed by atoms with Crippen LogP contribution in [0.1, 0.15) is 12.0 Å². The Morgan fingerprint density at radius 2 is 2.07 bits per heavy atom. The Bertz CT molecular complexity index is 323. The lowest BCUT2D eigenvalue weighted by Crippen LogP contribution is -2.24. The number of carbonyl (C=O) groups is 1. The highest BCUT2D eigenvalue weighted by atomic mass is 16.1. The number of anilines is 1. The molecule has 3 heteroatoms. The molecule has 0 saturated heterocycles. The lowest BCUT2D eigenvalue weighted by molar-refractivity contribution is -0.117. The van der Waals surface area contributed by atoms with Crippen molar-refractivity contribution >= 4 is 11.6 Å². The molecule has 0 spiro atoms. The minimum Gasteiger partial charge on any atom is -0.374 e. The first-order chi connectivity index (χ1) is 6.61. The molecular weight excluding hydrogens is 176 g/mol. The van der Waals surface area contributed by atoms with Crippen molar-refractivity contribution in [2.24, 2.45) is 5.73 Å². The van der Waals surface area contributed by atoms with Crippen molar-refractivity contribution in [2.75, 3.05) is 18.5 Å². The fourth-order valence-corrected chi connectivity index (χ4v) is 1.39. The van der Waals surface area contributed by atoms with Crippen LogP contribution in [0.15, 0.2) is 24.3 Å². The second-order valence-electron chi connectivity index (χ2n) is 3.42. The Hall–Kier alpha value is -1.51. The molecule has 0 heterocycles. The predicted molar refractivity (Wildman–Crippen MR) is 58.3 cm³/mol. The van der Waals surface area contributed by atoms with E-state index in [2.05, 4.69) is 13.0 Å². The van der Waals surface area contributed by atoms with Crippen LogP contribution in [0, 0.1) is 6.92 Å². The Morgan fingerprint density at radius 3 is 2.64 bits per heavy atom. The van der Waals surface area contributed by atoms with Crippen molar-refractivity contribution < 1.29 is 4.79 Å². The fraction of sp³-hybridized carbons (Fsp3) is 0.364. The number of hydrogen-bond acceptors (Lipinski definition) is 2. The summed E-state index contributed by atoms with van der Waals surface area (Å²) in [5, 5.41) is 0. The van der Waals surface area contributed by atoms with Gasteiger partial charge in [-0.05, 0) is 18.6 Å². The summed E-state index contributed by atoms with van der Waals surface area (Å²) in [6.07, 6.45) is 0.394. The number of nitrogens with zero attached hydrogens (tertiary/aromatic N) is 1. The molecule has 0 aliphatic rings. The van der Waals surface area contributed by atoms with Gasteiger partial charge in [-0.15, -0.1) is 0 Å². The summed E-state index contributed by atoms with van der Waals surface area (Å²) in [6, 6.07) is 8.08. The van der Waals surface area contributed by atoms with Crippen molar-refractivity contribution in [3.8, 4) is 0 Å². The number of primary amides is 1. The molecule has 0 radical (unpaired) electrons. The van der Waals surface area contributed by atoms with E-state index in [0.717, 1.165) is 5.69 Å². The quantitative estimate of drug-likeness (QED) is 0.781. The molecule has 0 saturated carbocycles. The van der Waals surface area contributed by atoms with E-state index in [-0.39, 0.29) is 5.91 Å². The number of amides is 1. The standard InChI is InChI=1S/C11H16N2O/c1-9-5-3-4-6-10(9)13(2)8-7-11(12)14/h3-6H,7-8H2,1-2H3,(H2,12,14). The second-order valence-corrected chi connectivity index (χ2v) is 3.42. The van der Waals surface area contributed by atoms with Crippen LogP contribution in [0.5, 0.6) is 0 Å². The molecule has 0 unspecified atom stereocenters. The van der Waals surface area contributed by atoms with Gasteiger partial charge in [-0.3, -0.25) is 4.79 Å². The molecule has 0 bridgehead atoms. The molecule has 0 atom stereocenters. The monoisotopic (exact) mass is 192 g/mol. The zero-order chi connectivity index (χ0) is 10.6. The second kappa shape index (κ2) is 4.65. The smallest absolute Gasteiger partial charge is 0.219 e. The summed E-state index contributed by atoms with van der Waals surface area (Å²) >= 11 is 0. The Morgan fingerprint density at radius 1 is 1.43 bits per heavy atom. The topological polar surface area (TPSA) is 46.3 Å². The maximum atomic E-state index is 10.6. The average Bonchev–Trinajstić information content (AvgIpc) is 2.15. The summed E-state index contributed by atoms with van der Waals surface area (Å²) in [7, 11) is 1.96. The molecule has 3 nitrogen and oxygen atoms in total. The third kappa shape index (κ3) is 2.76. The number of rotatable bonds is 4. The molecule has 76 valence electrons. The van der Waals surface area contributed by atoms with Gasteiger partial charge < -0.3 is 10.6 Å². The zero-order valence-electron chi connectivity index (χ0n) is 8.66. The molecule has 2 N–H and O–H groups in total. The van der Waals surface area contributed by atoms with E-state index in [9.17, 15) is 4.79 Å². The van der Waals surface area contributed by atoms with Crippen molar-refractivity contribution in [3.05, 3.63) is 29.8 Å². The highest BCUT2D eigenvalue weighted by Crippen LogP contribution is 2.17. The van der Waals surface area contributed by atoms with Crippen molar-refractivity contribution in [1.82, 2.24) is 0 Å². The largest absolute Gasteiger partial charge is 0.374 e. The van der Waals surface area contributed by atoms with Crippen molar-refractivity contribution in [2.45, 2.75) is 13.3 Å². The first-order valence-electron chi connectivity index (χ1n) is 4.66. The predicted octanol–water partition coefficient (Wildman–Crippen LogP) is 1.31. The van der Waals surface area contributed by atoms with Crippen LogP contribution in [-0.2, 0) is 4.79 Å². The lowest BCUT2D eigenvalue weighted by atomic mass is 10.2. The normalized spacial score (nSPS) is 9.86. The van der Waals surface area contributed by atoms with E-state index in [0.29, 0.717) is 13.0 Å². The van der Waals surface area contributed by atoms with Crippen LogP contribution < -0.4 is 10.6 Å². The molecule has 0 aromatic heterocycles. The van der Waals surface area contributed by atoms with Crippen LogP contribution in [0.2, 0.25) is 0 Å². The Kier molecular flexibility index (Phi) is 3.51. The van der Waals surface area contributed by atoms with Crippen LogP contribution in [0.4, 0.5) is 5.69 Å². The number of benzene rings is 1. The molecule has 0 aliphatic heterocycles. The van der Waals surface area contributed by atoms with Gasteiger partial charge >= 0.3 is 0 Å². The van der Waals surface area contributed by atoms with Crippen LogP contribution in [0.25, 0.3) is 0 Å². The first kappa shape index (κ1) is 10.6. The Balaban J connectivity index is 2.65. The third-order valence-corrected chi connectivity index (χ3v) is 2.22. The van der Waals surface area contributed by atoms with Crippen LogP contribution in [0.3, 0.4) is 0 Å². The van der Waals surface area contributed by atoms with Gasteiger partial charge in [0.05, 0.1) is 0 Å². The first-order valence-corrected chi connectivity index (χ1v) is 4.66. The van der Waals surface area contributed by atoms with Gasteiger partial charge in [0.15, 0.2) is 0 Å². The summed E-state index contributed by atoms with van der Waals surface area (Å²) in [6.45, 7) is 2.72. The zero-order valence-corrected chi connectivity index (χ0v) is 8.66. The van der Waals surface area contributed by atoms with Gasteiger partial charge in [0.25, 0.3) is 0 Å². The van der Waals surface area contributed by atoms with Crippen LogP contribution >= 0.6 is 0 Å². The van der Waals surface area contributed by atoms with E-state index in [1.807, 2.05) is 30.1 Å². The van der Waals surface area contributed by atoms with E-state index in [1.165, 1.54) is 5.56 Å². The maximum absolute atomic E-state index is 10.6. The molecule has 1 rings (SSSR count). The van der Waals surface area contributed by atoms with Gasteiger partial charge in [0.2, 0.25) is 5.91 Å². The van der Waals surface area contributed by atoms with Gasteiger partial charge in [-0.25, -0.2) is 0 Å². The molecule has 14 heavy (non-hydrogen) atoms. The summed E-state index contributed by atoms with van der Waals surface area (Å²) in [5.41, 5.74) is 7.45. The van der Waals surface area contributed by atoms with Gasteiger partial charge in [-0.2, -0.15) is 0 Å². The minimum absolute atomic E-state index is 0.259. The van der Waals surface area contributed by atoms with Gasteiger partial charge in [-0.1, -0.05) is 18.2 Å². The third-order valence-electron chi connectivity index (χ3n) is 2.22. The summed E-state index contributed by atoms with van der Waals surface area (Å²) in [5.74, 6) is -0.259. The molecule has 1 aromatic rings. The highest BCUT2D eigenvalue weighted by Gasteiger charge is 2.04. The number of carbonyl (C=O) groups excluding carboxylic acids is 1. The SMILES string of the molecule is Cc1ccccc1N(C)CCC(N)=O. The lowest BCUT2D eigenvalue weighted by Gasteiger charge is -2.20. The number of para-hydroxylation sites is 1. The van der Waals surface area contributed by atoms with Gasteiger partial charge in [0, 0.05) is 25.7 Å². The number of nitrogens with two attached hydrogens (primary N) is 1. The highest BCUT2D eigenvalue weighted by molar-refractivity contribution is 5.74. The molecule has 1 aromatic carbocycles. The van der Waals surface area contributed by atoms with E-state index in [1.54, 1.807) is 0 Å². The maximum Gasteiger partial charge on any atom is 0.219 e. The molecule has 1 amide bonds. The van der Waals surface area contributed by atoms with Crippen molar-refractivity contribution in [1.29, 1.82) is 0 Å². The summed E-state index contributed by atoms with van der Waals surface area (Å²) in [4.78, 5) is 12.7. The van der Waals surface area contributed by atoms with Crippen molar-refractivity contribution in [3.63, 3.8) is 0 Å².